The lowest BCUT2D eigenvalue weighted by Gasteiger charge is -2.12. The molecular formula is C10H15N3O. The summed E-state index contributed by atoms with van der Waals surface area (Å²) in [5.74, 6) is 0.201. The molecule has 1 aliphatic carbocycles. The van der Waals surface area contributed by atoms with Crippen molar-refractivity contribution in [1.82, 2.24) is 9.78 Å². The number of nitrogens with zero attached hydrogens (tertiary/aromatic N) is 2. The molecule has 1 atom stereocenters. The highest BCUT2D eigenvalue weighted by molar-refractivity contribution is 5.99. The maximum atomic E-state index is 11.7. The van der Waals surface area contributed by atoms with Crippen LogP contribution in [-0.4, -0.2) is 15.6 Å². The Labute approximate surface area is 83.1 Å². The molecule has 1 aromatic heterocycles. The van der Waals surface area contributed by atoms with Crippen LogP contribution in [-0.2, 0) is 13.5 Å². The van der Waals surface area contributed by atoms with E-state index in [4.69, 9.17) is 5.73 Å². The quantitative estimate of drug-likeness (QED) is 0.722. The number of carbonyl (C=O) groups is 1. The third kappa shape index (κ3) is 1.26. The molecule has 0 saturated carbocycles. The predicted octanol–water partition coefficient (Wildman–Crippen LogP) is 0.959. The zero-order chi connectivity index (χ0) is 10.3. The van der Waals surface area contributed by atoms with Crippen molar-refractivity contribution in [1.29, 1.82) is 0 Å². The standard InChI is InChI=1S/C10H15N3O/c1-6(11)10-9-7(13(2)12-10)4-3-5-8(9)14/h6H,3-5,11H2,1-2H3. The molecule has 0 saturated heterocycles. The first-order chi connectivity index (χ1) is 6.61. The monoisotopic (exact) mass is 193 g/mol. The zero-order valence-corrected chi connectivity index (χ0v) is 8.58. The normalized spacial score (nSPS) is 18.1. The van der Waals surface area contributed by atoms with E-state index in [0.29, 0.717) is 6.42 Å². The molecule has 0 spiro atoms. The SMILES string of the molecule is CC(N)c1nn(C)c2c1C(=O)CCC2. The second-order valence-corrected chi connectivity index (χ2v) is 3.90. The van der Waals surface area contributed by atoms with E-state index >= 15 is 0 Å². The van der Waals surface area contributed by atoms with E-state index in [1.807, 2.05) is 14.0 Å². The van der Waals surface area contributed by atoms with Crippen LogP contribution in [0.5, 0.6) is 0 Å². The van der Waals surface area contributed by atoms with Gasteiger partial charge in [0.15, 0.2) is 5.78 Å². The molecule has 2 N–H and O–H groups in total. The van der Waals surface area contributed by atoms with Crippen LogP contribution in [0, 0.1) is 0 Å². The molecule has 76 valence electrons. The average molecular weight is 193 g/mol. The fraction of sp³-hybridized carbons (Fsp3) is 0.600. The number of Topliss-reactive ketones (excluding diaryl/α,β-unsaturated/α-hetero) is 1. The lowest BCUT2D eigenvalue weighted by atomic mass is 9.93. The predicted molar refractivity (Wildman–Crippen MR) is 53.1 cm³/mol. The number of hydrogen-bond acceptors (Lipinski definition) is 3. The Morgan fingerprint density at radius 2 is 2.21 bits per heavy atom. The minimum Gasteiger partial charge on any atom is -0.323 e. The van der Waals surface area contributed by atoms with Crippen molar-refractivity contribution in [2.24, 2.45) is 12.8 Å². The molecule has 1 aromatic rings. The molecule has 1 unspecified atom stereocenters. The number of hydrogen-bond donors (Lipinski definition) is 1. The molecule has 4 heteroatoms. The lowest BCUT2D eigenvalue weighted by Crippen LogP contribution is -2.15. The molecule has 0 aromatic carbocycles. The number of aryl methyl sites for hydroxylation is 1. The van der Waals surface area contributed by atoms with Gasteiger partial charge in [-0.25, -0.2) is 0 Å². The Morgan fingerprint density at radius 1 is 1.50 bits per heavy atom. The summed E-state index contributed by atoms with van der Waals surface area (Å²) in [6.07, 6.45) is 2.51. The average Bonchev–Trinajstić information content (AvgIpc) is 2.46. The summed E-state index contributed by atoms with van der Waals surface area (Å²) in [7, 11) is 1.88. The van der Waals surface area contributed by atoms with Crippen molar-refractivity contribution in [3.05, 3.63) is 17.0 Å². The van der Waals surface area contributed by atoms with Crippen molar-refractivity contribution in [3.8, 4) is 0 Å². The van der Waals surface area contributed by atoms with Crippen molar-refractivity contribution in [3.63, 3.8) is 0 Å². The van der Waals surface area contributed by atoms with Gasteiger partial charge in [0.05, 0.1) is 11.3 Å². The fourth-order valence-electron chi connectivity index (χ4n) is 2.03. The second-order valence-electron chi connectivity index (χ2n) is 3.90. The number of ketones is 1. The van der Waals surface area contributed by atoms with E-state index in [1.54, 1.807) is 4.68 Å². The van der Waals surface area contributed by atoms with Crippen LogP contribution < -0.4 is 5.73 Å². The Balaban J connectivity index is 2.59. The van der Waals surface area contributed by atoms with Gasteiger partial charge in [-0.2, -0.15) is 5.10 Å². The molecule has 0 aliphatic heterocycles. The topological polar surface area (TPSA) is 60.9 Å². The van der Waals surface area contributed by atoms with E-state index in [1.165, 1.54) is 0 Å². The minimum atomic E-state index is -0.160. The first-order valence-electron chi connectivity index (χ1n) is 4.96. The molecule has 14 heavy (non-hydrogen) atoms. The van der Waals surface area contributed by atoms with Crippen molar-refractivity contribution >= 4 is 5.78 Å². The Morgan fingerprint density at radius 3 is 2.86 bits per heavy atom. The van der Waals surface area contributed by atoms with E-state index in [-0.39, 0.29) is 11.8 Å². The van der Waals surface area contributed by atoms with Crippen LogP contribution >= 0.6 is 0 Å². The van der Waals surface area contributed by atoms with Gasteiger partial charge in [0, 0.05) is 25.2 Å². The molecular weight excluding hydrogens is 178 g/mol. The van der Waals surface area contributed by atoms with E-state index in [9.17, 15) is 4.79 Å². The highest BCUT2D eigenvalue weighted by atomic mass is 16.1. The first kappa shape index (κ1) is 9.40. The first-order valence-corrected chi connectivity index (χ1v) is 4.96. The molecule has 2 rings (SSSR count). The summed E-state index contributed by atoms with van der Waals surface area (Å²) >= 11 is 0. The summed E-state index contributed by atoms with van der Waals surface area (Å²) in [4.78, 5) is 11.7. The van der Waals surface area contributed by atoms with Crippen molar-refractivity contribution in [2.75, 3.05) is 0 Å². The van der Waals surface area contributed by atoms with Gasteiger partial charge < -0.3 is 5.73 Å². The van der Waals surface area contributed by atoms with Crippen LogP contribution in [0.25, 0.3) is 0 Å². The van der Waals surface area contributed by atoms with Crippen LogP contribution in [0.15, 0.2) is 0 Å². The molecule has 0 bridgehead atoms. The van der Waals surface area contributed by atoms with Gasteiger partial charge in [0.2, 0.25) is 0 Å². The van der Waals surface area contributed by atoms with E-state index in [0.717, 1.165) is 29.8 Å². The van der Waals surface area contributed by atoms with Crippen LogP contribution in [0.3, 0.4) is 0 Å². The molecule has 0 amide bonds. The Hall–Kier alpha value is -1.16. The van der Waals surface area contributed by atoms with Gasteiger partial charge >= 0.3 is 0 Å². The highest BCUT2D eigenvalue weighted by Crippen LogP contribution is 2.26. The van der Waals surface area contributed by atoms with E-state index in [2.05, 4.69) is 5.10 Å². The van der Waals surface area contributed by atoms with Gasteiger partial charge in [0.1, 0.15) is 0 Å². The number of fused-ring (bicyclic) bond motifs is 1. The summed E-state index contributed by atoms with van der Waals surface area (Å²) < 4.78 is 1.80. The van der Waals surface area contributed by atoms with Gasteiger partial charge in [0.25, 0.3) is 0 Å². The molecule has 1 aliphatic rings. The largest absolute Gasteiger partial charge is 0.323 e. The van der Waals surface area contributed by atoms with Crippen LogP contribution in [0.1, 0.15) is 47.6 Å². The Bertz CT molecular complexity index is 379. The summed E-state index contributed by atoms with van der Waals surface area (Å²) in [5, 5.41) is 4.31. The maximum absolute atomic E-state index is 11.7. The second kappa shape index (κ2) is 3.20. The van der Waals surface area contributed by atoms with Crippen molar-refractivity contribution in [2.45, 2.75) is 32.2 Å². The number of aromatic nitrogens is 2. The van der Waals surface area contributed by atoms with Crippen molar-refractivity contribution < 1.29 is 4.79 Å². The zero-order valence-electron chi connectivity index (χ0n) is 8.58. The number of nitrogens with two attached hydrogens (primary N) is 1. The van der Waals surface area contributed by atoms with Gasteiger partial charge in [-0.15, -0.1) is 0 Å². The van der Waals surface area contributed by atoms with Gasteiger partial charge in [-0.1, -0.05) is 0 Å². The molecule has 0 radical (unpaired) electrons. The Kier molecular flexibility index (Phi) is 2.15. The number of carbonyl (C=O) groups excluding carboxylic acids is 1. The molecule has 4 nitrogen and oxygen atoms in total. The van der Waals surface area contributed by atoms with E-state index < -0.39 is 0 Å². The van der Waals surface area contributed by atoms with Crippen LogP contribution in [0.4, 0.5) is 0 Å². The summed E-state index contributed by atoms with van der Waals surface area (Å²) in [6.45, 7) is 1.87. The third-order valence-electron chi connectivity index (χ3n) is 2.72. The fourth-order valence-corrected chi connectivity index (χ4v) is 2.03. The number of rotatable bonds is 1. The van der Waals surface area contributed by atoms with Crippen LogP contribution in [0.2, 0.25) is 0 Å². The van der Waals surface area contributed by atoms with Gasteiger partial charge in [-0.3, -0.25) is 9.48 Å². The summed E-state index contributed by atoms with van der Waals surface area (Å²) in [5.41, 5.74) is 8.38. The molecule has 1 heterocycles. The highest BCUT2D eigenvalue weighted by Gasteiger charge is 2.26. The van der Waals surface area contributed by atoms with Gasteiger partial charge in [-0.05, 0) is 19.8 Å². The minimum absolute atomic E-state index is 0.160. The smallest absolute Gasteiger partial charge is 0.166 e. The summed E-state index contributed by atoms with van der Waals surface area (Å²) in [6, 6.07) is -0.160. The maximum Gasteiger partial charge on any atom is 0.166 e. The third-order valence-corrected chi connectivity index (χ3v) is 2.72. The lowest BCUT2D eigenvalue weighted by molar-refractivity contribution is 0.0970. The molecule has 0 fully saturated rings.